The highest BCUT2D eigenvalue weighted by Gasteiger charge is 2.42. The minimum absolute atomic E-state index is 0.585. The van der Waals surface area contributed by atoms with E-state index in [0.29, 0.717) is 6.42 Å². The molecule has 0 aromatic rings. The molecular weight excluding hydrogens is 212 g/mol. The van der Waals surface area contributed by atoms with Gasteiger partial charge in [-0.05, 0) is 6.42 Å². The maximum atomic E-state index is 9.64. The smallest absolute Gasteiger partial charge is 0.183 e. The molecule has 5 nitrogen and oxygen atoms in total. The summed E-state index contributed by atoms with van der Waals surface area (Å²) in [4.78, 5) is 0. The van der Waals surface area contributed by atoms with Crippen LogP contribution in [0.4, 0.5) is 0 Å². The van der Waals surface area contributed by atoms with Gasteiger partial charge in [-0.25, -0.2) is 0 Å². The molecule has 0 radical (unpaired) electrons. The molecule has 0 aliphatic carbocycles. The zero-order valence-electron chi connectivity index (χ0n) is 9.62. The quantitative estimate of drug-likeness (QED) is 0.493. The predicted molar refractivity (Wildman–Crippen MR) is 57.7 cm³/mol. The van der Waals surface area contributed by atoms with Crippen molar-refractivity contribution in [3.8, 4) is 0 Å². The average Bonchev–Trinajstić information content (AvgIpc) is 2.28. The van der Waals surface area contributed by atoms with Crippen LogP contribution in [-0.4, -0.2) is 51.1 Å². The summed E-state index contributed by atoms with van der Waals surface area (Å²) in [6, 6.07) is 0. The van der Waals surface area contributed by atoms with Gasteiger partial charge in [0.25, 0.3) is 0 Å². The Kier molecular flexibility index (Phi) is 5.64. The summed E-state index contributed by atoms with van der Waals surface area (Å²) in [6.45, 7) is 2.11. The summed E-state index contributed by atoms with van der Waals surface area (Å²) in [5.74, 6) is 0. The van der Waals surface area contributed by atoms with Crippen LogP contribution in [0.3, 0.4) is 0 Å². The molecule has 1 heterocycles. The summed E-state index contributed by atoms with van der Waals surface area (Å²) >= 11 is 0. The van der Waals surface area contributed by atoms with Crippen LogP contribution in [0.2, 0.25) is 0 Å². The Labute approximate surface area is 95.7 Å². The standard InChI is InChI=1S/C11H22O5/c1-2-3-4-5-6-7-8(12)9(13)10(14)11(15)16-7/h7-15H,2-6H2,1H3/t7-,8+,9+,10-,11?/m1/s1. The van der Waals surface area contributed by atoms with Crippen molar-refractivity contribution in [2.75, 3.05) is 0 Å². The molecule has 0 aromatic carbocycles. The Morgan fingerprint density at radius 1 is 0.875 bits per heavy atom. The van der Waals surface area contributed by atoms with Gasteiger partial charge in [-0.1, -0.05) is 32.6 Å². The highest BCUT2D eigenvalue weighted by Crippen LogP contribution is 2.23. The van der Waals surface area contributed by atoms with Crippen LogP contribution in [0.15, 0.2) is 0 Å². The van der Waals surface area contributed by atoms with E-state index in [1.54, 1.807) is 0 Å². The molecule has 0 amide bonds. The Bertz CT molecular complexity index is 199. The molecule has 1 saturated heterocycles. The Balaban J connectivity index is 2.35. The van der Waals surface area contributed by atoms with E-state index in [0.717, 1.165) is 25.7 Å². The lowest BCUT2D eigenvalue weighted by Crippen LogP contribution is -2.57. The third kappa shape index (κ3) is 3.40. The molecule has 4 N–H and O–H groups in total. The van der Waals surface area contributed by atoms with Gasteiger partial charge in [-0.2, -0.15) is 0 Å². The van der Waals surface area contributed by atoms with Crippen LogP contribution in [0.1, 0.15) is 39.0 Å². The summed E-state index contributed by atoms with van der Waals surface area (Å²) in [5.41, 5.74) is 0. The van der Waals surface area contributed by atoms with Crippen LogP contribution >= 0.6 is 0 Å². The lowest BCUT2D eigenvalue weighted by atomic mass is 9.95. The summed E-state index contributed by atoms with van der Waals surface area (Å²) in [6.07, 6.45) is -1.14. The van der Waals surface area contributed by atoms with Gasteiger partial charge < -0.3 is 25.2 Å². The number of ether oxygens (including phenoxy) is 1. The number of rotatable bonds is 5. The first-order valence-electron chi connectivity index (χ1n) is 5.95. The Hall–Kier alpha value is -0.200. The van der Waals surface area contributed by atoms with Crippen molar-refractivity contribution in [1.82, 2.24) is 0 Å². The van der Waals surface area contributed by atoms with Crippen LogP contribution in [-0.2, 0) is 4.74 Å². The minimum atomic E-state index is -1.43. The van der Waals surface area contributed by atoms with Gasteiger partial charge >= 0.3 is 0 Å². The molecule has 0 aromatic heterocycles. The first-order valence-corrected chi connectivity index (χ1v) is 5.95. The number of hydrogen-bond acceptors (Lipinski definition) is 5. The van der Waals surface area contributed by atoms with E-state index >= 15 is 0 Å². The molecule has 16 heavy (non-hydrogen) atoms. The number of unbranched alkanes of at least 4 members (excludes halogenated alkanes) is 3. The van der Waals surface area contributed by atoms with Crippen molar-refractivity contribution in [2.45, 2.75) is 69.7 Å². The van der Waals surface area contributed by atoms with Gasteiger partial charge in [0, 0.05) is 0 Å². The molecular formula is C11H22O5. The third-order valence-corrected chi connectivity index (χ3v) is 3.03. The molecule has 1 aliphatic heterocycles. The SMILES string of the molecule is CCCCCC[C@H]1OC(O)[C@H](O)[C@@H](O)[C@H]1O. The van der Waals surface area contributed by atoms with E-state index in [-0.39, 0.29) is 0 Å². The zero-order valence-corrected chi connectivity index (χ0v) is 9.62. The Morgan fingerprint density at radius 2 is 1.56 bits per heavy atom. The van der Waals surface area contributed by atoms with Crippen molar-refractivity contribution in [1.29, 1.82) is 0 Å². The fourth-order valence-electron chi connectivity index (χ4n) is 1.94. The van der Waals surface area contributed by atoms with E-state index in [9.17, 15) is 20.4 Å². The molecule has 1 unspecified atom stereocenters. The van der Waals surface area contributed by atoms with Gasteiger partial charge in [0.05, 0.1) is 6.10 Å². The monoisotopic (exact) mass is 234 g/mol. The van der Waals surface area contributed by atoms with Crippen LogP contribution in [0.5, 0.6) is 0 Å². The highest BCUT2D eigenvalue weighted by atomic mass is 16.6. The number of hydrogen-bond donors (Lipinski definition) is 4. The van der Waals surface area contributed by atoms with Crippen molar-refractivity contribution in [2.24, 2.45) is 0 Å². The Morgan fingerprint density at radius 3 is 2.19 bits per heavy atom. The van der Waals surface area contributed by atoms with Gasteiger partial charge in [-0.3, -0.25) is 0 Å². The fraction of sp³-hybridized carbons (Fsp3) is 1.00. The molecule has 1 rings (SSSR count). The highest BCUT2D eigenvalue weighted by molar-refractivity contribution is 4.88. The average molecular weight is 234 g/mol. The predicted octanol–water partition coefficient (Wildman–Crippen LogP) is -0.243. The van der Waals surface area contributed by atoms with Crippen molar-refractivity contribution >= 4 is 0 Å². The summed E-state index contributed by atoms with van der Waals surface area (Å²) < 4.78 is 5.06. The minimum Gasteiger partial charge on any atom is -0.388 e. The van der Waals surface area contributed by atoms with Gasteiger partial charge in [0.15, 0.2) is 6.29 Å². The van der Waals surface area contributed by atoms with E-state index in [2.05, 4.69) is 6.92 Å². The van der Waals surface area contributed by atoms with E-state index in [4.69, 9.17) is 4.74 Å². The lowest BCUT2D eigenvalue weighted by molar-refractivity contribution is -0.282. The lowest BCUT2D eigenvalue weighted by Gasteiger charge is -2.38. The maximum absolute atomic E-state index is 9.64. The van der Waals surface area contributed by atoms with Crippen molar-refractivity contribution in [3.63, 3.8) is 0 Å². The second-order valence-corrected chi connectivity index (χ2v) is 4.39. The van der Waals surface area contributed by atoms with Crippen LogP contribution < -0.4 is 0 Å². The third-order valence-electron chi connectivity index (χ3n) is 3.03. The topological polar surface area (TPSA) is 90.2 Å². The fourth-order valence-corrected chi connectivity index (χ4v) is 1.94. The van der Waals surface area contributed by atoms with Crippen LogP contribution in [0.25, 0.3) is 0 Å². The maximum Gasteiger partial charge on any atom is 0.183 e. The van der Waals surface area contributed by atoms with Crippen molar-refractivity contribution in [3.05, 3.63) is 0 Å². The van der Waals surface area contributed by atoms with E-state index in [1.807, 2.05) is 0 Å². The summed E-state index contributed by atoms with van der Waals surface area (Å²) in [7, 11) is 0. The zero-order chi connectivity index (χ0) is 12.1. The molecule has 5 atom stereocenters. The molecule has 0 bridgehead atoms. The molecule has 0 saturated carbocycles. The molecule has 0 spiro atoms. The van der Waals surface area contributed by atoms with E-state index in [1.165, 1.54) is 0 Å². The van der Waals surface area contributed by atoms with Crippen molar-refractivity contribution < 1.29 is 25.2 Å². The second kappa shape index (κ2) is 6.51. The number of aliphatic hydroxyl groups excluding tert-OH is 4. The first-order chi connectivity index (χ1) is 7.57. The molecule has 96 valence electrons. The summed E-state index contributed by atoms with van der Waals surface area (Å²) in [5, 5.41) is 37.6. The van der Waals surface area contributed by atoms with Gasteiger partial charge in [-0.15, -0.1) is 0 Å². The second-order valence-electron chi connectivity index (χ2n) is 4.39. The normalized spacial score (nSPS) is 39.9. The first kappa shape index (κ1) is 13.9. The largest absolute Gasteiger partial charge is 0.388 e. The molecule has 1 fully saturated rings. The number of aliphatic hydroxyl groups is 4. The molecule has 5 heteroatoms. The van der Waals surface area contributed by atoms with Crippen LogP contribution in [0, 0.1) is 0 Å². The van der Waals surface area contributed by atoms with E-state index < -0.39 is 30.7 Å². The van der Waals surface area contributed by atoms with Gasteiger partial charge in [0.1, 0.15) is 18.3 Å². The van der Waals surface area contributed by atoms with Gasteiger partial charge in [0.2, 0.25) is 0 Å². The molecule has 1 aliphatic rings.